The fraction of sp³-hybridized carbons (Fsp3) is 0.375. The Labute approximate surface area is 127 Å². The smallest absolute Gasteiger partial charge is 0.312 e. The van der Waals surface area contributed by atoms with Crippen molar-refractivity contribution in [1.82, 2.24) is 4.98 Å². The van der Waals surface area contributed by atoms with E-state index < -0.39 is 11.9 Å². The first-order valence-electron chi connectivity index (χ1n) is 7.25. The van der Waals surface area contributed by atoms with Gasteiger partial charge in [-0.2, -0.15) is 0 Å². The van der Waals surface area contributed by atoms with Gasteiger partial charge >= 0.3 is 5.97 Å². The number of hydrogen-bond acceptors (Lipinski definition) is 4. The van der Waals surface area contributed by atoms with Crippen LogP contribution in [-0.2, 0) is 17.6 Å². The monoisotopic (exact) mass is 302 g/mol. The third kappa shape index (κ3) is 2.93. The molecule has 4 nitrogen and oxygen atoms in total. The lowest BCUT2D eigenvalue weighted by Crippen LogP contribution is -2.17. The number of aromatic nitrogens is 1. The van der Waals surface area contributed by atoms with Crippen molar-refractivity contribution in [2.45, 2.75) is 38.5 Å². The molecule has 0 spiro atoms. The molecule has 0 saturated heterocycles. The Morgan fingerprint density at radius 2 is 2.38 bits per heavy atom. The van der Waals surface area contributed by atoms with Crippen LogP contribution in [0.2, 0.25) is 0 Å². The van der Waals surface area contributed by atoms with Crippen LogP contribution in [0.1, 0.15) is 41.8 Å². The van der Waals surface area contributed by atoms with Gasteiger partial charge in [0.15, 0.2) is 5.13 Å². The van der Waals surface area contributed by atoms with E-state index in [-0.39, 0.29) is 0 Å². The van der Waals surface area contributed by atoms with Crippen molar-refractivity contribution in [3.63, 3.8) is 0 Å². The zero-order chi connectivity index (χ0) is 14.8. The topological polar surface area (TPSA) is 62.2 Å². The molecule has 110 valence electrons. The quantitative estimate of drug-likeness (QED) is 0.897. The second-order valence-corrected chi connectivity index (χ2v) is 6.37. The Morgan fingerprint density at radius 1 is 1.52 bits per heavy atom. The molecule has 1 heterocycles. The Kier molecular flexibility index (Phi) is 3.92. The molecule has 0 aliphatic heterocycles. The van der Waals surface area contributed by atoms with Gasteiger partial charge < -0.3 is 10.4 Å². The van der Waals surface area contributed by atoms with Crippen LogP contribution in [-0.4, -0.2) is 16.1 Å². The molecule has 0 radical (unpaired) electrons. The molecule has 21 heavy (non-hydrogen) atoms. The fourth-order valence-corrected chi connectivity index (χ4v) is 3.79. The first-order valence-corrected chi connectivity index (χ1v) is 8.07. The summed E-state index contributed by atoms with van der Waals surface area (Å²) in [6.07, 6.45) is 3.55. The molecule has 5 heteroatoms. The molecule has 0 fully saturated rings. The molecule has 2 N–H and O–H groups in total. The number of benzene rings is 1. The zero-order valence-corrected chi connectivity index (χ0v) is 12.7. The van der Waals surface area contributed by atoms with Crippen molar-refractivity contribution < 1.29 is 9.90 Å². The predicted molar refractivity (Wildman–Crippen MR) is 84.5 cm³/mol. The third-order valence-electron chi connectivity index (χ3n) is 3.84. The molecule has 0 saturated carbocycles. The summed E-state index contributed by atoms with van der Waals surface area (Å²) >= 11 is 1.58. The maximum Gasteiger partial charge on any atom is 0.312 e. The van der Waals surface area contributed by atoms with Gasteiger partial charge in [-0.3, -0.25) is 4.79 Å². The number of thiazole rings is 1. The molecule has 0 amide bonds. The third-order valence-corrected chi connectivity index (χ3v) is 4.89. The maximum absolute atomic E-state index is 11.3. The van der Waals surface area contributed by atoms with E-state index in [9.17, 15) is 9.90 Å². The molecule has 3 rings (SSSR count). The average Bonchev–Trinajstić information content (AvgIpc) is 2.89. The molecule has 1 atom stereocenters. The van der Waals surface area contributed by atoms with E-state index in [4.69, 9.17) is 0 Å². The van der Waals surface area contributed by atoms with Crippen molar-refractivity contribution in [2.24, 2.45) is 0 Å². The number of nitrogens with zero attached hydrogens (tertiary/aromatic N) is 1. The van der Waals surface area contributed by atoms with Gasteiger partial charge in [0, 0.05) is 10.6 Å². The number of carboxylic acids is 1. The summed E-state index contributed by atoms with van der Waals surface area (Å²) in [5.74, 6) is -1.21. The lowest BCUT2D eigenvalue weighted by molar-refractivity contribution is -0.139. The van der Waals surface area contributed by atoms with Crippen molar-refractivity contribution in [3.8, 4) is 0 Å². The predicted octanol–water partition coefficient (Wildman–Crippen LogP) is 3.95. The number of aliphatic carboxylic acids is 1. The number of anilines is 2. The zero-order valence-electron chi connectivity index (χ0n) is 11.9. The summed E-state index contributed by atoms with van der Waals surface area (Å²) in [4.78, 5) is 17.0. The van der Waals surface area contributed by atoms with E-state index in [1.807, 2.05) is 12.1 Å². The van der Waals surface area contributed by atoms with E-state index in [1.54, 1.807) is 11.3 Å². The van der Waals surface area contributed by atoms with Gasteiger partial charge in [-0.25, -0.2) is 4.98 Å². The van der Waals surface area contributed by atoms with Gasteiger partial charge in [0.2, 0.25) is 0 Å². The van der Waals surface area contributed by atoms with Crippen molar-refractivity contribution in [2.75, 3.05) is 5.32 Å². The minimum atomic E-state index is -0.763. The Hall–Kier alpha value is -1.88. The number of nitrogens with one attached hydrogen (secondary N) is 1. The van der Waals surface area contributed by atoms with Crippen LogP contribution in [0.15, 0.2) is 24.3 Å². The SMILES string of the molecule is CCc1cccc(Nc2nc3c(s2)CCCC3C(=O)O)c1. The normalized spacial score (nSPS) is 17.3. The van der Waals surface area contributed by atoms with E-state index >= 15 is 0 Å². The summed E-state index contributed by atoms with van der Waals surface area (Å²) in [6, 6.07) is 8.23. The first-order chi connectivity index (χ1) is 10.2. The van der Waals surface area contributed by atoms with Gasteiger partial charge in [0.25, 0.3) is 0 Å². The summed E-state index contributed by atoms with van der Waals surface area (Å²) in [5.41, 5.74) is 3.03. The largest absolute Gasteiger partial charge is 0.481 e. The second kappa shape index (κ2) is 5.85. The van der Waals surface area contributed by atoms with E-state index in [0.29, 0.717) is 6.42 Å². The minimum absolute atomic E-state index is 0.442. The Bertz CT molecular complexity index is 666. The summed E-state index contributed by atoms with van der Waals surface area (Å²) in [5, 5.41) is 13.4. The fourth-order valence-electron chi connectivity index (χ4n) is 2.70. The number of hydrogen-bond donors (Lipinski definition) is 2. The number of rotatable bonds is 4. The second-order valence-electron chi connectivity index (χ2n) is 5.29. The van der Waals surface area contributed by atoms with E-state index in [0.717, 1.165) is 40.7 Å². The van der Waals surface area contributed by atoms with E-state index in [2.05, 4.69) is 29.4 Å². The molecule has 0 bridgehead atoms. The van der Waals surface area contributed by atoms with Crippen LogP contribution in [0.3, 0.4) is 0 Å². The van der Waals surface area contributed by atoms with Crippen LogP contribution in [0, 0.1) is 0 Å². The van der Waals surface area contributed by atoms with Crippen molar-refractivity contribution in [3.05, 3.63) is 40.4 Å². The van der Waals surface area contributed by atoms with Crippen LogP contribution in [0.25, 0.3) is 0 Å². The Balaban J connectivity index is 1.85. The Morgan fingerprint density at radius 3 is 3.14 bits per heavy atom. The summed E-state index contributed by atoms with van der Waals surface area (Å²) in [7, 11) is 0. The highest BCUT2D eigenvalue weighted by molar-refractivity contribution is 7.15. The highest BCUT2D eigenvalue weighted by atomic mass is 32.1. The van der Waals surface area contributed by atoms with Crippen LogP contribution in [0.5, 0.6) is 0 Å². The number of fused-ring (bicyclic) bond motifs is 1. The molecule has 1 aromatic carbocycles. The lowest BCUT2D eigenvalue weighted by Gasteiger charge is -2.16. The molecule has 1 aliphatic rings. The summed E-state index contributed by atoms with van der Waals surface area (Å²) in [6.45, 7) is 2.12. The molecule has 2 aromatic rings. The van der Waals surface area contributed by atoms with E-state index in [1.165, 1.54) is 5.56 Å². The standard InChI is InChI=1S/C16H18N2O2S/c1-2-10-5-3-6-11(9-10)17-16-18-14-12(15(19)20)7-4-8-13(14)21-16/h3,5-6,9,12H,2,4,7-8H2,1H3,(H,17,18)(H,19,20). The van der Waals surface area contributed by atoms with Gasteiger partial charge in [-0.05, 0) is 43.4 Å². The molecule has 1 aliphatic carbocycles. The molecule has 1 aromatic heterocycles. The molecule has 1 unspecified atom stereocenters. The van der Waals surface area contributed by atoms with Crippen LogP contribution < -0.4 is 5.32 Å². The highest BCUT2D eigenvalue weighted by Gasteiger charge is 2.29. The molecular formula is C16H18N2O2S. The number of aryl methyl sites for hydroxylation is 2. The van der Waals surface area contributed by atoms with Gasteiger partial charge in [0.05, 0.1) is 5.69 Å². The van der Waals surface area contributed by atoms with Crippen LogP contribution in [0.4, 0.5) is 10.8 Å². The van der Waals surface area contributed by atoms with Crippen molar-refractivity contribution in [1.29, 1.82) is 0 Å². The first kappa shape index (κ1) is 14.1. The average molecular weight is 302 g/mol. The van der Waals surface area contributed by atoms with Crippen molar-refractivity contribution >= 4 is 28.1 Å². The lowest BCUT2D eigenvalue weighted by atomic mass is 9.91. The molecular weight excluding hydrogens is 284 g/mol. The summed E-state index contributed by atoms with van der Waals surface area (Å²) < 4.78 is 0. The van der Waals surface area contributed by atoms with Gasteiger partial charge in [0.1, 0.15) is 5.92 Å². The highest BCUT2D eigenvalue weighted by Crippen LogP contribution is 2.37. The van der Waals surface area contributed by atoms with Gasteiger partial charge in [-0.15, -0.1) is 11.3 Å². The number of carboxylic acid groups (broad SMARTS) is 1. The maximum atomic E-state index is 11.3. The van der Waals surface area contributed by atoms with Crippen LogP contribution >= 0.6 is 11.3 Å². The number of carbonyl (C=O) groups is 1. The minimum Gasteiger partial charge on any atom is -0.481 e. The van der Waals surface area contributed by atoms with Gasteiger partial charge in [-0.1, -0.05) is 19.1 Å².